The van der Waals surface area contributed by atoms with Crippen LogP contribution in [0.15, 0.2) is 133 Å². The molecule has 44 heavy (non-hydrogen) atoms. The van der Waals surface area contributed by atoms with Crippen molar-refractivity contribution >= 4 is 54.4 Å². The number of hydrogen-bond donors (Lipinski definition) is 0. The Kier molecular flexibility index (Phi) is 5.29. The summed E-state index contributed by atoms with van der Waals surface area (Å²) in [4.78, 5) is 10.3. The lowest BCUT2D eigenvalue weighted by molar-refractivity contribution is 0.960. The molecule has 0 atom stereocenters. The van der Waals surface area contributed by atoms with Gasteiger partial charge in [-0.2, -0.15) is 0 Å². The predicted octanol–water partition coefficient (Wildman–Crippen LogP) is 9.92. The van der Waals surface area contributed by atoms with Crippen molar-refractivity contribution in [2.45, 2.75) is 0 Å². The van der Waals surface area contributed by atoms with Crippen molar-refractivity contribution in [3.05, 3.63) is 133 Å². The van der Waals surface area contributed by atoms with Gasteiger partial charge in [-0.05, 0) is 73.8 Å². The SMILES string of the molecule is Cn1c(-c2cccc3c(-c4cccc5ccccc45)c4cccc(-c5nc6ccccc6n5C)c4cc23)nc2ccccc21. The topological polar surface area (TPSA) is 35.6 Å². The number of fused-ring (bicyclic) bond motifs is 5. The summed E-state index contributed by atoms with van der Waals surface area (Å²) in [5, 5.41) is 7.24. The number of nitrogens with zero attached hydrogens (tertiary/aromatic N) is 4. The highest BCUT2D eigenvalue weighted by Crippen LogP contribution is 2.45. The Morgan fingerprint density at radius 2 is 0.864 bits per heavy atom. The zero-order chi connectivity index (χ0) is 29.4. The van der Waals surface area contributed by atoms with Crippen molar-refractivity contribution in [3.8, 4) is 33.9 Å². The Morgan fingerprint density at radius 1 is 0.409 bits per heavy atom. The number of hydrogen-bond acceptors (Lipinski definition) is 2. The van der Waals surface area contributed by atoms with E-state index >= 15 is 0 Å². The number of rotatable bonds is 3. The van der Waals surface area contributed by atoms with E-state index < -0.39 is 0 Å². The Labute approximate surface area is 254 Å². The van der Waals surface area contributed by atoms with Gasteiger partial charge in [0, 0.05) is 25.2 Å². The number of aryl methyl sites for hydroxylation is 2. The molecule has 0 amide bonds. The largest absolute Gasteiger partial charge is 0.327 e. The molecule has 2 heterocycles. The zero-order valence-corrected chi connectivity index (χ0v) is 24.5. The molecule has 0 aliphatic heterocycles. The third-order valence-electron chi connectivity index (χ3n) is 9.15. The smallest absolute Gasteiger partial charge is 0.141 e. The first-order valence-electron chi connectivity index (χ1n) is 15.0. The monoisotopic (exact) mass is 564 g/mol. The molecule has 0 radical (unpaired) electrons. The summed E-state index contributed by atoms with van der Waals surface area (Å²) in [5.74, 6) is 1.92. The van der Waals surface area contributed by atoms with Crippen LogP contribution in [0.1, 0.15) is 0 Å². The van der Waals surface area contributed by atoms with Gasteiger partial charge in [-0.25, -0.2) is 9.97 Å². The van der Waals surface area contributed by atoms with Crippen LogP contribution in [0.2, 0.25) is 0 Å². The minimum absolute atomic E-state index is 0.959. The second-order valence-electron chi connectivity index (χ2n) is 11.5. The highest BCUT2D eigenvalue weighted by Gasteiger charge is 2.20. The molecule has 4 heteroatoms. The molecule has 0 saturated heterocycles. The maximum Gasteiger partial charge on any atom is 0.141 e. The van der Waals surface area contributed by atoms with E-state index in [4.69, 9.17) is 9.97 Å². The van der Waals surface area contributed by atoms with Crippen LogP contribution < -0.4 is 0 Å². The second-order valence-corrected chi connectivity index (χ2v) is 11.5. The predicted molar refractivity (Wildman–Crippen MR) is 184 cm³/mol. The van der Waals surface area contributed by atoms with E-state index in [2.05, 4.69) is 157 Å². The highest BCUT2D eigenvalue weighted by atomic mass is 15.1. The quantitative estimate of drug-likeness (QED) is 0.200. The van der Waals surface area contributed by atoms with Crippen molar-refractivity contribution in [1.82, 2.24) is 19.1 Å². The fraction of sp³-hybridized carbons (Fsp3) is 0.0500. The molecule has 208 valence electrons. The van der Waals surface area contributed by atoms with E-state index in [9.17, 15) is 0 Å². The average molecular weight is 565 g/mol. The van der Waals surface area contributed by atoms with Crippen LogP contribution in [-0.2, 0) is 14.1 Å². The van der Waals surface area contributed by atoms with Gasteiger partial charge in [0.1, 0.15) is 11.6 Å². The second kappa shape index (κ2) is 9.38. The summed E-state index contributed by atoms with van der Waals surface area (Å²) in [7, 11) is 4.22. The van der Waals surface area contributed by atoms with Crippen molar-refractivity contribution in [2.24, 2.45) is 14.1 Å². The van der Waals surface area contributed by atoms with Gasteiger partial charge >= 0.3 is 0 Å². The third-order valence-corrected chi connectivity index (χ3v) is 9.15. The van der Waals surface area contributed by atoms with Gasteiger partial charge in [0.2, 0.25) is 0 Å². The molecular weight excluding hydrogens is 536 g/mol. The summed E-state index contributed by atoms with van der Waals surface area (Å²) in [6.45, 7) is 0. The molecular formula is C40H28N4. The molecule has 0 N–H and O–H groups in total. The highest BCUT2D eigenvalue weighted by molar-refractivity contribution is 6.21. The molecule has 4 nitrogen and oxygen atoms in total. The van der Waals surface area contributed by atoms with Crippen LogP contribution in [0.25, 0.3) is 88.3 Å². The normalized spacial score (nSPS) is 11.9. The van der Waals surface area contributed by atoms with Gasteiger partial charge in [0.25, 0.3) is 0 Å². The lowest BCUT2D eigenvalue weighted by atomic mass is 9.86. The first-order chi connectivity index (χ1) is 21.7. The van der Waals surface area contributed by atoms with E-state index in [-0.39, 0.29) is 0 Å². The van der Waals surface area contributed by atoms with Crippen molar-refractivity contribution in [3.63, 3.8) is 0 Å². The van der Waals surface area contributed by atoms with Crippen molar-refractivity contribution < 1.29 is 0 Å². The van der Waals surface area contributed by atoms with Crippen LogP contribution in [0.4, 0.5) is 0 Å². The van der Waals surface area contributed by atoms with Crippen molar-refractivity contribution in [1.29, 1.82) is 0 Å². The Balaban J connectivity index is 1.46. The molecule has 0 unspecified atom stereocenters. The molecule has 0 aliphatic rings. The van der Waals surface area contributed by atoms with Crippen LogP contribution in [0.3, 0.4) is 0 Å². The summed E-state index contributed by atoms with van der Waals surface area (Å²) >= 11 is 0. The molecule has 0 aliphatic carbocycles. The van der Waals surface area contributed by atoms with Gasteiger partial charge < -0.3 is 9.13 Å². The minimum Gasteiger partial charge on any atom is -0.327 e. The number of imidazole rings is 2. The standard InChI is InChI=1S/C40H28N4/c1-43-36-22-7-5-20-34(36)41-39(43)30-18-10-16-28-32(30)24-33-29(38(28)27-15-9-13-25-12-3-4-14-26(25)27)17-11-19-31(33)40-42-35-21-6-8-23-37(35)44(40)2/h3-24H,1-2H3. The van der Waals surface area contributed by atoms with E-state index in [1.54, 1.807) is 0 Å². The number of benzene rings is 7. The molecule has 0 saturated carbocycles. The van der Waals surface area contributed by atoms with Crippen LogP contribution in [0.5, 0.6) is 0 Å². The van der Waals surface area contributed by atoms with Crippen LogP contribution in [0, 0.1) is 0 Å². The molecule has 7 aromatic carbocycles. The van der Waals surface area contributed by atoms with Crippen LogP contribution >= 0.6 is 0 Å². The summed E-state index contributed by atoms with van der Waals surface area (Å²) in [5.41, 5.74) is 8.92. The first kappa shape index (κ1) is 24.8. The molecule has 9 rings (SSSR count). The Bertz CT molecular complexity index is 2440. The van der Waals surface area contributed by atoms with E-state index in [0.29, 0.717) is 0 Å². The molecule has 2 aromatic heterocycles. The summed E-state index contributed by atoms with van der Waals surface area (Å²) in [6.07, 6.45) is 0. The minimum atomic E-state index is 0.959. The van der Waals surface area contributed by atoms with Gasteiger partial charge in [0.15, 0.2) is 0 Å². The van der Waals surface area contributed by atoms with Gasteiger partial charge in [0.05, 0.1) is 22.1 Å². The van der Waals surface area contributed by atoms with Crippen LogP contribution in [-0.4, -0.2) is 19.1 Å². The van der Waals surface area contributed by atoms with E-state index in [0.717, 1.165) is 44.8 Å². The lowest BCUT2D eigenvalue weighted by Gasteiger charge is -2.18. The fourth-order valence-corrected chi connectivity index (χ4v) is 7.06. The van der Waals surface area contributed by atoms with Gasteiger partial charge in [-0.3, -0.25) is 0 Å². The lowest BCUT2D eigenvalue weighted by Crippen LogP contribution is -1.97. The molecule has 9 aromatic rings. The molecule has 0 spiro atoms. The first-order valence-corrected chi connectivity index (χ1v) is 15.0. The third kappa shape index (κ3) is 3.51. The number of aromatic nitrogens is 4. The average Bonchev–Trinajstić information content (AvgIpc) is 3.59. The molecule has 0 bridgehead atoms. The zero-order valence-electron chi connectivity index (χ0n) is 24.5. The Hall–Kier alpha value is -5.74. The van der Waals surface area contributed by atoms with Gasteiger partial charge in [-0.15, -0.1) is 0 Å². The summed E-state index contributed by atoms with van der Waals surface area (Å²) < 4.78 is 4.42. The fourth-order valence-electron chi connectivity index (χ4n) is 7.06. The van der Waals surface area contributed by atoms with Crippen molar-refractivity contribution in [2.75, 3.05) is 0 Å². The van der Waals surface area contributed by atoms with Gasteiger partial charge in [-0.1, -0.05) is 103 Å². The number of para-hydroxylation sites is 4. The van der Waals surface area contributed by atoms with E-state index in [1.807, 2.05) is 0 Å². The maximum absolute atomic E-state index is 5.14. The Morgan fingerprint density at radius 3 is 1.45 bits per heavy atom. The molecule has 0 fully saturated rings. The van der Waals surface area contributed by atoms with E-state index in [1.165, 1.54) is 43.4 Å². The maximum atomic E-state index is 5.14. The summed E-state index contributed by atoms with van der Waals surface area (Å²) in [6, 6.07) is 47.7.